The molecular formula is C14H14BrN3O2. The molecule has 0 spiro atoms. The first kappa shape index (κ1) is 13.3. The fourth-order valence-electron chi connectivity index (χ4n) is 2.20. The van der Waals surface area contributed by atoms with Crippen molar-refractivity contribution >= 4 is 21.6 Å². The summed E-state index contributed by atoms with van der Waals surface area (Å²) in [6, 6.07) is 9.39. The standard InChI is InChI=1S/C14H14BrN3O2/c15-13-12(17-6-8-20-9-7-17)10-16-18(14(13)19)11-4-2-1-3-5-11/h1-5,10H,6-9H2. The molecule has 0 aliphatic carbocycles. The Bertz CT molecular complexity index is 651. The van der Waals surface area contributed by atoms with Gasteiger partial charge in [0.15, 0.2) is 0 Å². The smallest absolute Gasteiger partial charge is 0.287 e. The fourth-order valence-corrected chi connectivity index (χ4v) is 2.72. The number of nitrogens with zero attached hydrogens (tertiary/aromatic N) is 3. The molecule has 104 valence electrons. The lowest BCUT2D eigenvalue weighted by Gasteiger charge is -2.29. The van der Waals surface area contributed by atoms with Crippen LogP contribution >= 0.6 is 15.9 Å². The Morgan fingerprint density at radius 3 is 2.55 bits per heavy atom. The van der Waals surface area contributed by atoms with Gasteiger partial charge in [-0.1, -0.05) is 18.2 Å². The van der Waals surface area contributed by atoms with E-state index in [2.05, 4.69) is 25.9 Å². The molecule has 1 saturated heterocycles. The molecule has 0 saturated carbocycles. The minimum absolute atomic E-state index is 0.153. The quantitative estimate of drug-likeness (QED) is 0.840. The third kappa shape index (κ3) is 2.48. The van der Waals surface area contributed by atoms with Crippen molar-refractivity contribution in [3.8, 4) is 5.69 Å². The minimum Gasteiger partial charge on any atom is -0.378 e. The van der Waals surface area contributed by atoms with Crippen LogP contribution in [0.3, 0.4) is 0 Å². The number of hydrogen-bond acceptors (Lipinski definition) is 4. The van der Waals surface area contributed by atoms with Crippen molar-refractivity contribution in [3.05, 3.63) is 51.4 Å². The molecule has 6 heteroatoms. The van der Waals surface area contributed by atoms with E-state index in [-0.39, 0.29) is 5.56 Å². The van der Waals surface area contributed by atoms with Gasteiger partial charge in [-0.15, -0.1) is 0 Å². The Labute approximate surface area is 124 Å². The van der Waals surface area contributed by atoms with E-state index >= 15 is 0 Å². The summed E-state index contributed by atoms with van der Waals surface area (Å²) in [4.78, 5) is 14.5. The zero-order chi connectivity index (χ0) is 13.9. The van der Waals surface area contributed by atoms with Crippen molar-refractivity contribution in [2.75, 3.05) is 31.2 Å². The van der Waals surface area contributed by atoms with E-state index in [0.717, 1.165) is 24.5 Å². The number of para-hydroxylation sites is 1. The van der Waals surface area contributed by atoms with Crippen LogP contribution in [0.2, 0.25) is 0 Å². The first-order chi connectivity index (χ1) is 9.77. The fraction of sp³-hybridized carbons (Fsp3) is 0.286. The highest BCUT2D eigenvalue weighted by Gasteiger charge is 2.17. The molecule has 1 aliphatic rings. The summed E-state index contributed by atoms with van der Waals surface area (Å²) >= 11 is 3.41. The number of benzene rings is 1. The number of anilines is 1. The normalized spacial score (nSPS) is 15.3. The summed E-state index contributed by atoms with van der Waals surface area (Å²) in [7, 11) is 0. The molecule has 2 aromatic rings. The number of rotatable bonds is 2. The average Bonchev–Trinajstić information content (AvgIpc) is 2.52. The maximum Gasteiger partial charge on any atom is 0.287 e. The molecule has 1 aliphatic heterocycles. The number of aromatic nitrogens is 2. The molecule has 0 radical (unpaired) electrons. The van der Waals surface area contributed by atoms with E-state index in [4.69, 9.17) is 4.74 Å². The van der Waals surface area contributed by atoms with E-state index in [1.54, 1.807) is 6.20 Å². The molecule has 0 bridgehead atoms. The summed E-state index contributed by atoms with van der Waals surface area (Å²) in [6.45, 7) is 2.90. The van der Waals surface area contributed by atoms with Crippen molar-refractivity contribution < 1.29 is 4.74 Å². The van der Waals surface area contributed by atoms with E-state index in [0.29, 0.717) is 17.7 Å². The summed E-state index contributed by atoms with van der Waals surface area (Å²) < 4.78 is 7.26. The first-order valence-corrected chi connectivity index (χ1v) is 7.22. The Morgan fingerprint density at radius 1 is 1.15 bits per heavy atom. The highest BCUT2D eigenvalue weighted by Crippen LogP contribution is 2.22. The van der Waals surface area contributed by atoms with Crippen molar-refractivity contribution in [1.82, 2.24) is 9.78 Å². The van der Waals surface area contributed by atoms with Gasteiger partial charge in [0, 0.05) is 13.1 Å². The predicted molar refractivity (Wildman–Crippen MR) is 80.6 cm³/mol. The van der Waals surface area contributed by atoms with Gasteiger partial charge in [-0.2, -0.15) is 9.78 Å². The van der Waals surface area contributed by atoms with Gasteiger partial charge in [0.2, 0.25) is 0 Å². The lowest BCUT2D eigenvalue weighted by molar-refractivity contribution is 0.122. The van der Waals surface area contributed by atoms with Crippen LogP contribution in [0.15, 0.2) is 45.8 Å². The topological polar surface area (TPSA) is 47.4 Å². The predicted octanol–water partition coefficient (Wildman–Crippen LogP) is 1.83. The molecule has 1 fully saturated rings. The third-order valence-corrected chi connectivity index (χ3v) is 4.00. The number of ether oxygens (including phenoxy) is 1. The van der Waals surface area contributed by atoms with E-state index in [9.17, 15) is 4.79 Å². The van der Waals surface area contributed by atoms with E-state index in [1.165, 1.54) is 4.68 Å². The highest BCUT2D eigenvalue weighted by molar-refractivity contribution is 9.10. The maximum atomic E-state index is 12.4. The molecule has 1 aromatic heterocycles. The van der Waals surface area contributed by atoms with Crippen LogP contribution < -0.4 is 10.5 Å². The monoisotopic (exact) mass is 335 g/mol. The number of hydrogen-bond donors (Lipinski definition) is 0. The second-order valence-electron chi connectivity index (χ2n) is 4.50. The molecule has 3 rings (SSSR count). The summed E-state index contributed by atoms with van der Waals surface area (Å²) in [5.41, 5.74) is 1.43. The van der Waals surface area contributed by atoms with E-state index in [1.807, 2.05) is 30.3 Å². The third-order valence-electron chi connectivity index (χ3n) is 3.25. The van der Waals surface area contributed by atoms with Crippen LogP contribution in [0.5, 0.6) is 0 Å². The SMILES string of the molecule is O=c1c(Br)c(N2CCOCC2)cnn1-c1ccccc1. The molecule has 2 heterocycles. The molecule has 5 nitrogen and oxygen atoms in total. The van der Waals surface area contributed by atoms with Gasteiger partial charge in [0.05, 0.1) is 30.8 Å². The molecular weight excluding hydrogens is 322 g/mol. The second-order valence-corrected chi connectivity index (χ2v) is 5.29. The lowest BCUT2D eigenvalue weighted by atomic mass is 10.3. The summed E-state index contributed by atoms with van der Waals surface area (Å²) in [5, 5.41) is 4.28. The van der Waals surface area contributed by atoms with Crippen molar-refractivity contribution in [1.29, 1.82) is 0 Å². The van der Waals surface area contributed by atoms with Gasteiger partial charge in [-0.3, -0.25) is 4.79 Å². The zero-order valence-electron chi connectivity index (χ0n) is 10.8. The molecule has 0 unspecified atom stereocenters. The molecule has 1 aromatic carbocycles. The van der Waals surface area contributed by atoms with Crippen molar-refractivity contribution in [2.45, 2.75) is 0 Å². The lowest BCUT2D eigenvalue weighted by Crippen LogP contribution is -2.38. The van der Waals surface area contributed by atoms with E-state index < -0.39 is 0 Å². The van der Waals surface area contributed by atoms with Crippen LogP contribution in [0.4, 0.5) is 5.69 Å². The Hall–Kier alpha value is -1.66. The zero-order valence-corrected chi connectivity index (χ0v) is 12.4. The Balaban J connectivity index is 2.01. The maximum absolute atomic E-state index is 12.4. The molecule has 0 N–H and O–H groups in total. The number of morpholine rings is 1. The minimum atomic E-state index is -0.153. The van der Waals surface area contributed by atoms with Gasteiger partial charge in [-0.25, -0.2) is 0 Å². The molecule has 0 amide bonds. The average molecular weight is 336 g/mol. The van der Waals surface area contributed by atoms with Crippen LogP contribution in [0, 0.1) is 0 Å². The van der Waals surface area contributed by atoms with Crippen molar-refractivity contribution in [3.63, 3.8) is 0 Å². The van der Waals surface area contributed by atoms with Crippen LogP contribution in [-0.2, 0) is 4.74 Å². The van der Waals surface area contributed by atoms with Gasteiger partial charge < -0.3 is 9.64 Å². The molecule has 20 heavy (non-hydrogen) atoms. The van der Waals surface area contributed by atoms with Gasteiger partial charge >= 0.3 is 0 Å². The summed E-state index contributed by atoms with van der Waals surface area (Å²) in [6.07, 6.45) is 1.73. The Kier molecular flexibility index (Phi) is 3.84. The molecule has 0 atom stereocenters. The van der Waals surface area contributed by atoms with Gasteiger partial charge in [-0.05, 0) is 28.1 Å². The van der Waals surface area contributed by atoms with Gasteiger partial charge in [0.25, 0.3) is 5.56 Å². The highest BCUT2D eigenvalue weighted by atomic mass is 79.9. The number of halogens is 1. The first-order valence-electron chi connectivity index (χ1n) is 6.43. The second kappa shape index (κ2) is 5.76. The van der Waals surface area contributed by atoms with Crippen LogP contribution in [0.1, 0.15) is 0 Å². The Morgan fingerprint density at radius 2 is 1.85 bits per heavy atom. The van der Waals surface area contributed by atoms with Crippen LogP contribution in [0.25, 0.3) is 5.69 Å². The van der Waals surface area contributed by atoms with Gasteiger partial charge in [0.1, 0.15) is 4.47 Å². The summed E-state index contributed by atoms with van der Waals surface area (Å²) in [5.74, 6) is 0. The largest absolute Gasteiger partial charge is 0.378 e. The van der Waals surface area contributed by atoms with Crippen LogP contribution in [-0.4, -0.2) is 36.1 Å². The van der Waals surface area contributed by atoms with Crippen molar-refractivity contribution in [2.24, 2.45) is 0 Å².